The Labute approximate surface area is 104 Å². The highest BCUT2D eigenvalue weighted by molar-refractivity contribution is 5.68. The number of amides is 1. The first-order valence-electron chi connectivity index (χ1n) is 6.36. The van der Waals surface area contributed by atoms with Crippen molar-refractivity contribution in [2.45, 2.75) is 64.5 Å². The topological polar surface area (TPSA) is 58.6 Å². The molecule has 1 fully saturated rings. The molecule has 17 heavy (non-hydrogen) atoms. The Bertz CT molecular complexity index is 262. The molecule has 0 atom stereocenters. The third-order valence-electron chi connectivity index (χ3n) is 3.27. The zero-order chi connectivity index (χ0) is 13.1. The fourth-order valence-corrected chi connectivity index (χ4v) is 2.17. The first-order chi connectivity index (χ1) is 7.74. The Hall–Kier alpha value is -0.770. The summed E-state index contributed by atoms with van der Waals surface area (Å²) in [5.41, 5.74) is -0.642. The van der Waals surface area contributed by atoms with E-state index < -0.39 is 5.60 Å². The van der Waals surface area contributed by atoms with Crippen molar-refractivity contribution in [1.29, 1.82) is 0 Å². The summed E-state index contributed by atoms with van der Waals surface area (Å²) >= 11 is 0. The Morgan fingerprint density at radius 3 is 2.35 bits per heavy atom. The highest BCUT2D eigenvalue weighted by Crippen LogP contribution is 2.31. The maximum atomic E-state index is 11.7. The Kier molecular flexibility index (Phi) is 4.42. The van der Waals surface area contributed by atoms with E-state index >= 15 is 0 Å². The summed E-state index contributed by atoms with van der Waals surface area (Å²) in [6.07, 6.45) is 3.38. The van der Waals surface area contributed by atoms with Crippen molar-refractivity contribution in [1.82, 2.24) is 5.32 Å². The summed E-state index contributed by atoms with van der Waals surface area (Å²) < 4.78 is 5.26. The lowest BCUT2D eigenvalue weighted by Gasteiger charge is -2.37. The molecule has 0 bridgehead atoms. The first-order valence-corrected chi connectivity index (χ1v) is 6.36. The molecular weight excluding hydrogens is 218 g/mol. The molecular formula is C13H25NO3. The maximum absolute atomic E-state index is 11.7. The molecule has 0 unspecified atom stereocenters. The van der Waals surface area contributed by atoms with Crippen molar-refractivity contribution in [3.8, 4) is 0 Å². The Morgan fingerprint density at radius 2 is 1.94 bits per heavy atom. The normalized spacial score (nSPS) is 29.8. The Morgan fingerprint density at radius 1 is 1.41 bits per heavy atom. The molecule has 0 heterocycles. The van der Waals surface area contributed by atoms with Crippen molar-refractivity contribution in [3.63, 3.8) is 0 Å². The second kappa shape index (κ2) is 5.25. The largest absolute Gasteiger partial charge is 0.444 e. The van der Waals surface area contributed by atoms with E-state index in [0.29, 0.717) is 5.92 Å². The number of aliphatic hydroxyl groups is 1. The van der Waals surface area contributed by atoms with Gasteiger partial charge in [-0.15, -0.1) is 0 Å². The predicted octanol–water partition coefficient (Wildman–Crippen LogP) is 2.45. The lowest BCUT2D eigenvalue weighted by molar-refractivity contribution is 0.0413. The molecule has 1 aliphatic rings. The number of nitrogens with one attached hydrogen (secondary N) is 1. The van der Waals surface area contributed by atoms with Gasteiger partial charge in [-0.05, 0) is 59.3 Å². The van der Waals surface area contributed by atoms with Gasteiger partial charge in [-0.2, -0.15) is 0 Å². The minimum absolute atomic E-state index is 0.187. The molecule has 0 aromatic rings. The van der Waals surface area contributed by atoms with Crippen LogP contribution in [-0.4, -0.2) is 28.9 Å². The van der Waals surface area contributed by atoms with Crippen LogP contribution < -0.4 is 5.32 Å². The lowest BCUT2D eigenvalue weighted by Crippen LogP contribution is -2.50. The number of hydrogen-bond donors (Lipinski definition) is 2. The van der Waals surface area contributed by atoms with Crippen LogP contribution in [-0.2, 0) is 4.74 Å². The third-order valence-corrected chi connectivity index (χ3v) is 3.27. The standard InChI is InChI=1S/C13H25NO3/c1-12(2,3)17-11(16)14-13(4)7-5-10(9-15)6-8-13/h10,15H,5-9H2,1-4H3,(H,14,16). The monoisotopic (exact) mass is 243 g/mol. The molecule has 2 N–H and O–H groups in total. The molecule has 0 saturated heterocycles. The van der Waals surface area contributed by atoms with E-state index in [1.165, 1.54) is 0 Å². The average Bonchev–Trinajstić information content (AvgIpc) is 2.15. The molecule has 4 heteroatoms. The summed E-state index contributed by atoms with van der Waals surface area (Å²) in [7, 11) is 0. The van der Waals surface area contributed by atoms with E-state index in [1.54, 1.807) is 0 Å². The van der Waals surface area contributed by atoms with E-state index in [2.05, 4.69) is 5.32 Å². The van der Waals surface area contributed by atoms with Crippen LogP contribution in [0.5, 0.6) is 0 Å². The zero-order valence-corrected chi connectivity index (χ0v) is 11.4. The number of carbonyl (C=O) groups is 1. The van der Waals surface area contributed by atoms with E-state index in [4.69, 9.17) is 9.84 Å². The van der Waals surface area contributed by atoms with Gasteiger partial charge in [-0.1, -0.05) is 0 Å². The van der Waals surface area contributed by atoms with Crippen molar-refractivity contribution in [3.05, 3.63) is 0 Å². The van der Waals surface area contributed by atoms with E-state index in [0.717, 1.165) is 25.7 Å². The van der Waals surface area contributed by atoms with Crippen LogP contribution >= 0.6 is 0 Å². The molecule has 100 valence electrons. The minimum Gasteiger partial charge on any atom is -0.444 e. The van der Waals surface area contributed by atoms with E-state index in [-0.39, 0.29) is 18.2 Å². The van der Waals surface area contributed by atoms with E-state index in [9.17, 15) is 4.79 Å². The van der Waals surface area contributed by atoms with Crippen LogP contribution in [0.2, 0.25) is 0 Å². The summed E-state index contributed by atoms with van der Waals surface area (Å²) in [4.78, 5) is 11.7. The van der Waals surface area contributed by atoms with Gasteiger partial charge >= 0.3 is 6.09 Å². The van der Waals surface area contributed by atoms with Gasteiger partial charge in [0.25, 0.3) is 0 Å². The SMILES string of the molecule is CC1(NC(=O)OC(C)(C)C)CCC(CO)CC1. The highest BCUT2D eigenvalue weighted by atomic mass is 16.6. The number of alkyl carbamates (subject to hydrolysis) is 1. The molecule has 1 aliphatic carbocycles. The molecule has 0 aromatic heterocycles. The van der Waals surface area contributed by atoms with Gasteiger partial charge in [-0.25, -0.2) is 4.79 Å². The van der Waals surface area contributed by atoms with Gasteiger partial charge in [0, 0.05) is 12.1 Å². The number of carbonyl (C=O) groups excluding carboxylic acids is 1. The van der Waals surface area contributed by atoms with Crippen LogP contribution in [0.1, 0.15) is 53.4 Å². The highest BCUT2D eigenvalue weighted by Gasteiger charge is 2.33. The third kappa shape index (κ3) is 4.94. The second-order valence-electron chi connectivity index (χ2n) is 6.31. The van der Waals surface area contributed by atoms with Crippen LogP contribution in [0.15, 0.2) is 0 Å². The van der Waals surface area contributed by atoms with Crippen LogP contribution in [0.3, 0.4) is 0 Å². The van der Waals surface area contributed by atoms with Gasteiger partial charge in [0.1, 0.15) is 5.60 Å². The summed E-state index contributed by atoms with van der Waals surface area (Å²) in [5, 5.41) is 12.0. The molecule has 1 amide bonds. The fraction of sp³-hybridized carbons (Fsp3) is 0.923. The summed E-state index contributed by atoms with van der Waals surface area (Å²) in [6, 6.07) is 0. The molecule has 0 radical (unpaired) electrons. The molecule has 4 nitrogen and oxygen atoms in total. The van der Waals surface area contributed by atoms with Gasteiger partial charge in [0.15, 0.2) is 0 Å². The maximum Gasteiger partial charge on any atom is 0.408 e. The second-order valence-corrected chi connectivity index (χ2v) is 6.31. The number of hydrogen-bond acceptors (Lipinski definition) is 3. The van der Waals surface area contributed by atoms with Crippen LogP contribution in [0, 0.1) is 5.92 Å². The number of aliphatic hydroxyl groups excluding tert-OH is 1. The van der Waals surface area contributed by atoms with Crippen LogP contribution in [0.4, 0.5) is 4.79 Å². The first kappa shape index (κ1) is 14.3. The van der Waals surface area contributed by atoms with Crippen molar-refractivity contribution < 1.29 is 14.6 Å². The summed E-state index contributed by atoms with van der Waals surface area (Å²) in [6.45, 7) is 7.87. The minimum atomic E-state index is -0.456. The smallest absolute Gasteiger partial charge is 0.408 e. The van der Waals surface area contributed by atoms with Gasteiger partial charge in [-0.3, -0.25) is 0 Å². The quantitative estimate of drug-likeness (QED) is 0.783. The number of ether oxygens (including phenoxy) is 1. The van der Waals surface area contributed by atoms with Crippen molar-refractivity contribution >= 4 is 6.09 Å². The summed E-state index contributed by atoms with van der Waals surface area (Å²) in [5.74, 6) is 0.392. The molecule has 1 rings (SSSR count). The zero-order valence-electron chi connectivity index (χ0n) is 11.4. The average molecular weight is 243 g/mol. The molecule has 1 saturated carbocycles. The lowest BCUT2D eigenvalue weighted by atomic mass is 9.78. The van der Waals surface area contributed by atoms with Crippen molar-refractivity contribution in [2.75, 3.05) is 6.61 Å². The molecule has 0 spiro atoms. The van der Waals surface area contributed by atoms with Crippen LogP contribution in [0.25, 0.3) is 0 Å². The molecule has 0 aliphatic heterocycles. The number of rotatable bonds is 2. The fourth-order valence-electron chi connectivity index (χ4n) is 2.17. The molecule has 0 aromatic carbocycles. The van der Waals surface area contributed by atoms with Gasteiger partial charge in [0.2, 0.25) is 0 Å². The Balaban J connectivity index is 2.43. The van der Waals surface area contributed by atoms with Crippen molar-refractivity contribution in [2.24, 2.45) is 5.92 Å². The predicted molar refractivity (Wildman–Crippen MR) is 66.8 cm³/mol. The van der Waals surface area contributed by atoms with Gasteiger partial charge < -0.3 is 15.2 Å². The van der Waals surface area contributed by atoms with Gasteiger partial charge in [0.05, 0.1) is 0 Å². The van der Waals surface area contributed by atoms with E-state index in [1.807, 2.05) is 27.7 Å².